The van der Waals surface area contributed by atoms with Crippen LogP contribution in [0.4, 0.5) is 0 Å². The average molecular weight is 273 g/mol. The molecule has 2 unspecified atom stereocenters. The smallest absolute Gasteiger partial charge is 0.0716 e. The van der Waals surface area contributed by atoms with Gasteiger partial charge in [0.05, 0.1) is 6.61 Å². The minimum Gasteiger partial charge on any atom is -0.377 e. The molecule has 0 bridgehead atoms. The van der Waals surface area contributed by atoms with Crippen LogP contribution >= 0.6 is 0 Å². The maximum atomic E-state index is 5.80. The number of benzene rings is 1. The van der Waals surface area contributed by atoms with Crippen LogP contribution in [0.3, 0.4) is 0 Å². The summed E-state index contributed by atoms with van der Waals surface area (Å²) in [5.41, 5.74) is 1.28. The molecule has 1 aromatic carbocycles. The van der Waals surface area contributed by atoms with Crippen LogP contribution in [0.2, 0.25) is 0 Å². The molecule has 1 aliphatic carbocycles. The molecular weight excluding hydrogens is 246 g/mol. The molecule has 2 atom stereocenters. The van der Waals surface area contributed by atoms with Gasteiger partial charge in [-0.15, -0.1) is 0 Å². The van der Waals surface area contributed by atoms with E-state index in [2.05, 4.69) is 35.2 Å². The average Bonchev–Trinajstić information content (AvgIpc) is 2.97. The number of fused-ring (bicyclic) bond motifs is 1. The molecule has 0 radical (unpaired) electrons. The maximum absolute atomic E-state index is 5.80. The molecule has 2 aliphatic rings. The molecule has 2 fully saturated rings. The second kappa shape index (κ2) is 7.24. The summed E-state index contributed by atoms with van der Waals surface area (Å²) >= 11 is 0. The number of hydrogen-bond donors (Lipinski definition) is 0. The molecule has 2 nitrogen and oxygen atoms in total. The van der Waals surface area contributed by atoms with Crippen LogP contribution in [-0.4, -0.2) is 30.6 Å². The van der Waals surface area contributed by atoms with Crippen molar-refractivity contribution in [3.05, 3.63) is 35.9 Å². The first-order valence-electron chi connectivity index (χ1n) is 8.29. The van der Waals surface area contributed by atoms with E-state index in [1.165, 1.54) is 57.2 Å². The summed E-state index contributed by atoms with van der Waals surface area (Å²) in [5.74, 6) is 1.01. The zero-order valence-corrected chi connectivity index (χ0v) is 12.5. The van der Waals surface area contributed by atoms with Gasteiger partial charge in [-0.1, -0.05) is 36.8 Å². The summed E-state index contributed by atoms with van der Waals surface area (Å²) in [4.78, 5) is 2.74. The zero-order chi connectivity index (χ0) is 13.6. The van der Waals surface area contributed by atoms with Crippen LogP contribution in [0.5, 0.6) is 0 Å². The Kier molecular flexibility index (Phi) is 5.10. The summed E-state index contributed by atoms with van der Waals surface area (Å²) in [6, 6.07) is 11.4. The van der Waals surface area contributed by atoms with E-state index in [1.54, 1.807) is 0 Å². The Morgan fingerprint density at radius 2 is 1.90 bits per heavy atom. The topological polar surface area (TPSA) is 12.5 Å². The van der Waals surface area contributed by atoms with Crippen LogP contribution in [0, 0.1) is 5.92 Å². The summed E-state index contributed by atoms with van der Waals surface area (Å²) in [5, 5.41) is 0. The molecule has 0 aromatic heterocycles. The van der Waals surface area contributed by atoms with Gasteiger partial charge in [-0.2, -0.15) is 0 Å². The van der Waals surface area contributed by atoms with Crippen LogP contribution in [0.15, 0.2) is 30.3 Å². The fourth-order valence-corrected chi connectivity index (χ4v) is 3.97. The SMILES string of the molecule is c1ccc(COCCCN2CCCC3CCCC32)cc1. The van der Waals surface area contributed by atoms with Gasteiger partial charge < -0.3 is 9.64 Å². The number of hydrogen-bond acceptors (Lipinski definition) is 2. The minimum atomic E-state index is 0.757. The van der Waals surface area contributed by atoms with E-state index in [4.69, 9.17) is 4.74 Å². The lowest BCUT2D eigenvalue weighted by atomic mass is 9.92. The third-order valence-electron chi connectivity index (χ3n) is 4.95. The van der Waals surface area contributed by atoms with Crippen LogP contribution < -0.4 is 0 Å². The van der Waals surface area contributed by atoms with Crippen molar-refractivity contribution >= 4 is 0 Å². The third kappa shape index (κ3) is 3.62. The van der Waals surface area contributed by atoms with Gasteiger partial charge in [0.25, 0.3) is 0 Å². The van der Waals surface area contributed by atoms with Crippen molar-refractivity contribution in [3.63, 3.8) is 0 Å². The van der Waals surface area contributed by atoms with Crippen molar-refractivity contribution in [2.24, 2.45) is 5.92 Å². The van der Waals surface area contributed by atoms with Gasteiger partial charge in [0.1, 0.15) is 0 Å². The molecule has 0 spiro atoms. The number of nitrogens with zero attached hydrogens (tertiary/aromatic N) is 1. The van der Waals surface area contributed by atoms with Crippen LogP contribution in [0.1, 0.15) is 44.1 Å². The highest BCUT2D eigenvalue weighted by atomic mass is 16.5. The predicted molar refractivity (Wildman–Crippen MR) is 82.7 cm³/mol. The third-order valence-corrected chi connectivity index (χ3v) is 4.95. The Morgan fingerprint density at radius 3 is 2.80 bits per heavy atom. The second-order valence-corrected chi connectivity index (χ2v) is 6.33. The lowest BCUT2D eigenvalue weighted by Gasteiger charge is -2.37. The van der Waals surface area contributed by atoms with E-state index < -0.39 is 0 Å². The molecule has 110 valence electrons. The van der Waals surface area contributed by atoms with Crippen molar-refractivity contribution in [2.75, 3.05) is 19.7 Å². The van der Waals surface area contributed by atoms with E-state index in [0.717, 1.165) is 25.2 Å². The first-order valence-corrected chi connectivity index (χ1v) is 8.29. The zero-order valence-electron chi connectivity index (χ0n) is 12.5. The monoisotopic (exact) mass is 273 g/mol. The van der Waals surface area contributed by atoms with Gasteiger partial charge in [-0.25, -0.2) is 0 Å². The van der Waals surface area contributed by atoms with Gasteiger partial charge >= 0.3 is 0 Å². The largest absolute Gasteiger partial charge is 0.377 e. The molecule has 1 aliphatic heterocycles. The van der Waals surface area contributed by atoms with E-state index >= 15 is 0 Å². The van der Waals surface area contributed by atoms with Crippen molar-refractivity contribution in [2.45, 2.75) is 51.2 Å². The summed E-state index contributed by atoms with van der Waals surface area (Å²) in [7, 11) is 0. The molecule has 1 aromatic rings. The maximum Gasteiger partial charge on any atom is 0.0716 e. The molecule has 1 heterocycles. The highest BCUT2D eigenvalue weighted by molar-refractivity contribution is 5.13. The van der Waals surface area contributed by atoms with Gasteiger partial charge in [-0.3, -0.25) is 0 Å². The molecular formula is C18H27NO. The number of piperidine rings is 1. The number of likely N-dealkylation sites (tertiary alicyclic amines) is 1. The molecule has 3 rings (SSSR count). The van der Waals surface area contributed by atoms with Crippen molar-refractivity contribution in [3.8, 4) is 0 Å². The molecule has 2 heteroatoms. The molecule has 20 heavy (non-hydrogen) atoms. The highest BCUT2D eigenvalue weighted by Gasteiger charge is 2.34. The van der Waals surface area contributed by atoms with Gasteiger partial charge in [0.15, 0.2) is 0 Å². The lowest BCUT2D eigenvalue weighted by molar-refractivity contribution is 0.0783. The van der Waals surface area contributed by atoms with Gasteiger partial charge in [0, 0.05) is 19.2 Å². The van der Waals surface area contributed by atoms with Crippen molar-refractivity contribution in [1.29, 1.82) is 0 Å². The van der Waals surface area contributed by atoms with E-state index in [1.807, 2.05) is 0 Å². The normalized spacial score (nSPS) is 26.6. The number of ether oxygens (including phenoxy) is 1. The minimum absolute atomic E-state index is 0.757. The Hall–Kier alpha value is -0.860. The highest BCUT2D eigenvalue weighted by Crippen LogP contribution is 2.36. The summed E-state index contributed by atoms with van der Waals surface area (Å²) in [6.45, 7) is 4.20. The molecule has 1 saturated heterocycles. The van der Waals surface area contributed by atoms with E-state index in [-0.39, 0.29) is 0 Å². The van der Waals surface area contributed by atoms with Gasteiger partial charge in [0.2, 0.25) is 0 Å². The lowest BCUT2D eigenvalue weighted by Crippen LogP contribution is -2.43. The summed E-state index contributed by atoms with van der Waals surface area (Å²) < 4.78 is 5.80. The fourth-order valence-electron chi connectivity index (χ4n) is 3.97. The van der Waals surface area contributed by atoms with Crippen LogP contribution in [0.25, 0.3) is 0 Å². The Labute approximate surface area is 123 Å². The van der Waals surface area contributed by atoms with Crippen LogP contribution in [-0.2, 0) is 11.3 Å². The number of rotatable bonds is 6. The Morgan fingerprint density at radius 1 is 1.05 bits per heavy atom. The Bertz CT molecular complexity index is 392. The quantitative estimate of drug-likeness (QED) is 0.730. The second-order valence-electron chi connectivity index (χ2n) is 6.33. The molecule has 0 N–H and O–H groups in total. The molecule has 0 amide bonds. The molecule has 1 saturated carbocycles. The predicted octanol–water partition coefficient (Wildman–Crippen LogP) is 3.86. The van der Waals surface area contributed by atoms with Crippen molar-refractivity contribution in [1.82, 2.24) is 4.90 Å². The summed E-state index contributed by atoms with van der Waals surface area (Å²) in [6.07, 6.45) is 8.44. The van der Waals surface area contributed by atoms with Crippen molar-refractivity contribution < 1.29 is 4.74 Å². The van der Waals surface area contributed by atoms with E-state index in [9.17, 15) is 0 Å². The van der Waals surface area contributed by atoms with E-state index in [0.29, 0.717) is 0 Å². The fraction of sp³-hybridized carbons (Fsp3) is 0.667. The Balaban J connectivity index is 1.33. The standard InChI is InChI=1S/C18H27NO/c1-2-7-16(8-3-1)15-20-14-6-13-19-12-5-10-17-9-4-11-18(17)19/h1-3,7-8,17-18H,4-6,9-15H2. The van der Waals surface area contributed by atoms with Gasteiger partial charge in [-0.05, 0) is 50.1 Å². The first kappa shape index (κ1) is 14.1. The first-order chi connectivity index (χ1) is 9.93.